The van der Waals surface area contributed by atoms with Crippen LogP contribution in [-0.2, 0) is 11.3 Å². The zero-order chi connectivity index (χ0) is 24.2. The van der Waals surface area contributed by atoms with Gasteiger partial charge < -0.3 is 14.8 Å². The van der Waals surface area contributed by atoms with E-state index in [0.29, 0.717) is 23.6 Å². The van der Waals surface area contributed by atoms with Crippen molar-refractivity contribution in [3.05, 3.63) is 85.7 Å². The summed E-state index contributed by atoms with van der Waals surface area (Å²) in [7, 11) is 1.54. The molecular formula is C25H28N4O5. The Morgan fingerprint density at radius 3 is 2.62 bits per heavy atom. The lowest BCUT2D eigenvalue weighted by Crippen LogP contribution is -2.46. The summed E-state index contributed by atoms with van der Waals surface area (Å²) in [6.07, 6.45) is 1.69. The molecule has 9 nitrogen and oxygen atoms in total. The molecule has 34 heavy (non-hydrogen) atoms. The molecule has 1 aliphatic rings. The van der Waals surface area contributed by atoms with Crippen molar-refractivity contribution in [1.82, 2.24) is 19.7 Å². The summed E-state index contributed by atoms with van der Waals surface area (Å²) in [5.74, 6) is -0.0400. The fourth-order valence-electron chi connectivity index (χ4n) is 4.09. The van der Waals surface area contributed by atoms with Gasteiger partial charge in [0.1, 0.15) is 5.75 Å². The quantitative estimate of drug-likeness (QED) is 0.573. The molecule has 9 heteroatoms. The maximum atomic E-state index is 13.4. The van der Waals surface area contributed by atoms with E-state index >= 15 is 0 Å². The number of methoxy groups -OCH3 is 1. The average Bonchev–Trinajstić information content (AvgIpc) is 3.33. The molecule has 1 amide bonds. The normalized spacial score (nSPS) is 15.3. The number of carbonyl (C=O) groups excluding carboxylic acids is 1. The van der Waals surface area contributed by atoms with Gasteiger partial charge in [0.25, 0.3) is 11.5 Å². The summed E-state index contributed by atoms with van der Waals surface area (Å²) in [6.45, 7) is 4.71. The van der Waals surface area contributed by atoms with Gasteiger partial charge >= 0.3 is 5.69 Å². The first-order valence-corrected chi connectivity index (χ1v) is 11.2. The van der Waals surface area contributed by atoms with Crippen LogP contribution in [0.25, 0.3) is 5.69 Å². The second-order valence-electron chi connectivity index (χ2n) is 8.48. The highest BCUT2D eigenvalue weighted by molar-refractivity contribution is 5.91. The Morgan fingerprint density at radius 1 is 1.18 bits per heavy atom. The van der Waals surface area contributed by atoms with Crippen LogP contribution in [0.4, 0.5) is 0 Å². The molecule has 0 spiro atoms. The summed E-state index contributed by atoms with van der Waals surface area (Å²) in [4.78, 5) is 39.6. The number of nitrogens with one attached hydrogen (secondary N) is 1. The Balaban J connectivity index is 1.79. The topological polar surface area (TPSA) is 104 Å². The number of hydrogen-bond acceptors (Lipinski definition) is 6. The van der Waals surface area contributed by atoms with Crippen LogP contribution >= 0.6 is 0 Å². The number of ether oxygens (including phenoxy) is 2. The number of rotatable bonds is 7. The van der Waals surface area contributed by atoms with Gasteiger partial charge in [-0.15, -0.1) is 0 Å². The third-order valence-corrected chi connectivity index (χ3v) is 5.72. The lowest BCUT2D eigenvalue weighted by atomic mass is 10.1. The monoisotopic (exact) mass is 464 g/mol. The molecule has 0 saturated carbocycles. The van der Waals surface area contributed by atoms with E-state index in [1.165, 1.54) is 0 Å². The van der Waals surface area contributed by atoms with E-state index in [9.17, 15) is 14.4 Å². The minimum absolute atomic E-state index is 0.0335. The first-order chi connectivity index (χ1) is 16.4. The van der Waals surface area contributed by atoms with E-state index in [2.05, 4.69) is 10.4 Å². The molecule has 1 fully saturated rings. The molecule has 178 valence electrons. The third-order valence-electron chi connectivity index (χ3n) is 5.72. The van der Waals surface area contributed by atoms with Crippen LogP contribution in [-0.4, -0.2) is 46.6 Å². The molecule has 0 bridgehead atoms. The van der Waals surface area contributed by atoms with Crippen molar-refractivity contribution in [1.29, 1.82) is 0 Å². The van der Waals surface area contributed by atoms with E-state index in [1.54, 1.807) is 43.5 Å². The summed E-state index contributed by atoms with van der Waals surface area (Å²) < 4.78 is 12.9. The predicted octanol–water partition coefficient (Wildman–Crippen LogP) is 1.98. The number of nitrogens with zero attached hydrogens (tertiary/aromatic N) is 3. The lowest BCUT2D eigenvalue weighted by Gasteiger charge is -2.14. The van der Waals surface area contributed by atoms with Crippen molar-refractivity contribution >= 4 is 5.91 Å². The van der Waals surface area contributed by atoms with E-state index < -0.39 is 17.2 Å². The molecule has 1 N–H and O–H groups in total. The number of hydrogen-bond donors (Lipinski definition) is 1. The zero-order valence-corrected chi connectivity index (χ0v) is 19.5. The van der Waals surface area contributed by atoms with Gasteiger partial charge in [-0.05, 0) is 67.6 Å². The standard InChI is InChI=1S/C25H28N4O5/c1-16-10-17(2)12-19(11-16)29-25(32)28(15-18-6-4-7-20(13-18)33-3)24(31)22(27-29)23(30)26-14-21-8-5-9-34-21/h4,6-7,10-13,21H,5,8-9,14-15H2,1-3H3,(H,26,30)/t21-/m1/s1. The van der Waals surface area contributed by atoms with Gasteiger partial charge in [-0.1, -0.05) is 18.2 Å². The highest BCUT2D eigenvalue weighted by Crippen LogP contribution is 2.14. The largest absolute Gasteiger partial charge is 0.497 e. The van der Waals surface area contributed by atoms with E-state index in [4.69, 9.17) is 9.47 Å². The molecule has 1 saturated heterocycles. The molecule has 0 aliphatic carbocycles. The van der Waals surface area contributed by atoms with Crippen LogP contribution < -0.4 is 21.3 Å². The van der Waals surface area contributed by atoms with Gasteiger partial charge in [0.15, 0.2) is 0 Å². The van der Waals surface area contributed by atoms with Gasteiger partial charge in [0.2, 0.25) is 5.69 Å². The second kappa shape index (κ2) is 10.0. The van der Waals surface area contributed by atoms with Crippen molar-refractivity contribution in [2.45, 2.75) is 39.3 Å². The van der Waals surface area contributed by atoms with Crippen molar-refractivity contribution in [3.8, 4) is 11.4 Å². The molecule has 1 atom stereocenters. The van der Waals surface area contributed by atoms with Crippen molar-refractivity contribution in [2.75, 3.05) is 20.3 Å². The Hall–Kier alpha value is -3.72. The number of aromatic nitrogens is 3. The molecule has 0 radical (unpaired) electrons. The maximum Gasteiger partial charge on any atom is 0.352 e. The molecule has 4 rings (SSSR count). The van der Waals surface area contributed by atoms with Crippen molar-refractivity contribution in [3.63, 3.8) is 0 Å². The van der Waals surface area contributed by atoms with Crippen molar-refractivity contribution in [2.24, 2.45) is 0 Å². The average molecular weight is 465 g/mol. The Bertz CT molecular complexity index is 1300. The molecule has 0 unspecified atom stereocenters. The van der Waals surface area contributed by atoms with Gasteiger partial charge in [-0.2, -0.15) is 9.78 Å². The second-order valence-corrected chi connectivity index (χ2v) is 8.48. The van der Waals surface area contributed by atoms with Crippen LogP contribution in [0.15, 0.2) is 52.1 Å². The first-order valence-electron chi connectivity index (χ1n) is 11.2. The van der Waals surface area contributed by atoms with Crippen LogP contribution in [0.5, 0.6) is 5.75 Å². The predicted molar refractivity (Wildman–Crippen MR) is 127 cm³/mol. The number of amides is 1. The minimum atomic E-state index is -0.752. The zero-order valence-electron chi connectivity index (χ0n) is 19.5. The summed E-state index contributed by atoms with van der Waals surface area (Å²) in [5.41, 5.74) is 1.29. The van der Waals surface area contributed by atoms with Crippen molar-refractivity contribution < 1.29 is 14.3 Å². The Labute approximate surface area is 196 Å². The van der Waals surface area contributed by atoms with Gasteiger partial charge in [-0.3, -0.25) is 14.2 Å². The van der Waals surface area contributed by atoms with Crippen LogP contribution in [0.3, 0.4) is 0 Å². The van der Waals surface area contributed by atoms with E-state index in [-0.39, 0.29) is 24.9 Å². The van der Waals surface area contributed by atoms with Gasteiger partial charge in [0.05, 0.1) is 25.4 Å². The van der Waals surface area contributed by atoms with Crippen LogP contribution in [0.1, 0.15) is 40.0 Å². The minimum Gasteiger partial charge on any atom is -0.497 e. The molecule has 2 aromatic carbocycles. The van der Waals surface area contributed by atoms with Gasteiger partial charge in [0, 0.05) is 13.2 Å². The van der Waals surface area contributed by atoms with Crippen LogP contribution in [0.2, 0.25) is 0 Å². The van der Waals surface area contributed by atoms with E-state index in [1.807, 2.05) is 19.9 Å². The first kappa shape index (κ1) is 23.4. The fourth-order valence-corrected chi connectivity index (χ4v) is 4.09. The SMILES string of the molecule is COc1cccc(Cn2c(=O)c(C(=O)NC[C@H]3CCCO3)nn(-c3cc(C)cc(C)c3)c2=O)c1. The van der Waals surface area contributed by atoms with Gasteiger partial charge in [-0.25, -0.2) is 4.79 Å². The molecule has 2 heterocycles. The summed E-state index contributed by atoms with van der Waals surface area (Å²) in [6, 6.07) is 12.6. The van der Waals surface area contributed by atoms with E-state index in [0.717, 1.165) is 33.2 Å². The molecule has 1 aromatic heterocycles. The summed E-state index contributed by atoms with van der Waals surface area (Å²) in [5, 5.41) is 6.94. The number of aryl methyl sites for hydroxylation is 2. The third kappa shape index (κ3) is 5.09. The smallest absolute Gasteiger partial charge is 0.352 e. The maximum absolute atomic E-state index is 13.4. The number of carbonyl (C=O) groups is 1. The highest BCUT2D eigenvalue weighted by atomic mass is 16.5. The molecular weight excluding hydrogens is 436 g/mol. The Kier molecular flexibility index (Phi) is 6.93. The molecule has 1 aliphatic heterocycles. The number of benzene rings is 2. The molecule has 3 aromatic rings. The summed E-state index contributed by atoms with van der Waals surface area (Å²) >= 11 is 0. The van der Waals surface area contributed by atoms with Crippen LogP contribution in [0, 0.1) is 13.8 Å². The highest BCUT2D eigenvalue weighted by Gasteiger charge is 2.23. The lowest BCUT2D eigenvalue weighted by molar-refractivity contribution is 0.0849. The fraction of sp³-hybridized carbons (Fsp3) is 0.360. The Morgan fingerprint density at radius 2 is 1.94 bits per heavy atom.